The Hall–Kier alpha value is -2.63. The first-order valence-electron chi connectivity index (χ1n) is 5.97. The van der Waals surface area contributed by atoms with Crippen LogP contribution in [-0.2, 0) is 0 Å². The molecule has 0 fully saturated rings. The Morgan fingerprint density at radius 2 is 2.05 bits per heavy atom. The van der Waals surface area contributed by atoms with Crippen molar-refractivity contribution < 1.29 is 4.79 Å². The lowest BCUT2D eigenvalue weighted by Crippen LogP contribution is -2.07. The minimum Gasteiger partial charge on any atom is -0.383 e. The Labute approximate surface area is 109 Å². The van der Waals surface area contributed by atoms with Gasteiger partial charge in [0.2, 0.25) is 11.9 Å². The van der Waals surface area contributed by atoms with Crippen LogP contribution >= 0.6 is 0 Å². The quantitative estimate of drug-likeness (QED) is 0.690. The predicted octanol–water partition coefficient (Wildman–Crippen LogP) is 1.80. The number of nitrogens with zero attached hydrogens (tertiary/aromatic N) is 3. The molecule has 0 unspecified atom stereocenters. The molecule has 0 aliphatic heterocycles. The number of carbonyl (C=O) groups is 1. The zero-order chi connectivity index (χ0) is 13.6. The standard InChI is InChI=1S/C13H13N5O/c1-2-10(19)18-6-5-7-9(18)4-3-8-11(7)12(14)17-13(15)16-8/h3-6H,2H2,1H3,(H4,14,15,16,17). The van der Waals surface area contributed by atoms with Crippen LogP contribution in [0.2, 0.25) is 0 Å². The van der Waals surface area contributed by atoms with E-state index < -0.39 is 0 Å². The molecule has 2 heterocycles. The molecule has 0 bridgehead atoms. The van der Waals surface area contributed by atoms with Gasteiger partial charge in [0.1, 0.15) is 5.82 Å². The number of nitrogen functional groups attached to an aromatic ring is 2. The van der Waals surface area contributed by atoms with Crippen molar-refractivity contribution >= 4 is 39.5 Å². The normalized spacial score (nSPS) is 11.2. The van der Waals surface area contributed by atoms with Crippen LogP contribution in [0.4, 0.5) is 11.8 Å². The SMILES string of the molecule is CCC(=O)n1ccc2c3c(N)nc(N)nc3ccc21. The molecule has 1 aromatic carbocycles. The van der Waals surface area contributed by atoms with Crippen molar-refractivity contribution in [3.05, 3.63) is 24.4 Å². The molecule has 0 atom stereocenters. The fraction of sp³-hybridized carbons (Fsp3) is 0.154. The van der Waals surface area contributed by atoms with E-state index >= 15 is 0 Å². The van der Waals surface area contributed by atoms with E-state index in [0.29, 0.717) is 17.8 Å². The minimum absolute atomic E-state index is 0.0317. The second kappa shape index (κ2) is 3.94. The molecular weight excluding hydrogens is 242 g/mol. The van der Waals surface area contributed by atoms with Crippen molar-refractivity contribution in [2.24, 2.45) is 0 Å². The molecule has 0 aliphatic rings. The van der Waals surface area contributed by atoms with Gasteiger partial charge in [-0.2, -0.15) is 4.98 Å². The van der Waals surface area contributed by atoms with E-state index in [9.17, 15) is 4.79 Å². The Morgan fingerprint density at radius 3 is 2.79 bits per heavy atom. The van der Waals surface area contributed by atoms with E-state index in [4.69, 9.17) is 11.5 Å². The first-order chi connectivity index (χ1) is 9.11. The monoisotopic (exact) mass is 255 g/mol. The molecule has 6 nitrogen and oxygen atoms in total. The van der Waals surface area contributed by atoms with Crippen LogP contribution in [0.3, 0.4) is 0 Å². The van der Waals surface area contributed by atoms with Gasteiger partial charge in [-0.25, -0.2) is 4.98 Å². The Balaban J connectivity index is 2.42. The van der Waals surface area contributed by atoms with E-state index in [1.807, 2.05) is 19.1 Å². The second-order valence-corrected chi connectivity index (χ2v) is 4.29. The molecular formula is C13H13N5O. The highest BCUT2D eigenvalue weighted by atomic mass is 16.1. The van der Waals surface area contributed by atoms with Gasteiger partial charge in [0.25, 0.3) is 0 Å². The van der Waals surface area contributed by atoms with Gasteiger partial charge in [-0.3, -0.25) is 9.36 Å². The van der Waals surface area contributed by atoms with Gasteiger partial charge < -0.3 is 11.5 Å². The number of aromatic nitrogens is 3. The molecule has 96 valence electrons. The van der Waals surface area contributed by atoms with E-state index in [0.717, 1.165) is 16.3 Å². The summed E-state index contributed by atoms with van der Waals surface area (Å²) < 4.78 is 1.62. The summed E-state index contributed by atoms with van der Waals surface area (Å²) in [4.78, 5) is 20.0. The first-order valence-corrected chi connectivity index (χ1v) is 5.97. The van der Waals surface area contributed by atoms with Crippen LogP contribution in [0.5, 0.6) is 0 Å². The van der Waals surface area contributed by atoms with Gasteiger partial charge in [0, 0.05) is 18.0 Å². The van der Waals surface area contributed by atoms with Gasteiger partial charge >= 0.3 is 0 Å². The summed E-state index contributed by atoms with van der Waals surface area (Å²) in [7, 11) is 0. The van der Waals surface area contributed by atoms with Crippen LogP contribution in [0.15, 0.2) is 24.4 Å². The lowest BCUT2D eigenvalue weighted by Gasteiger charge is -2.05. The van der Waals surface area contributed by atoms with Gasteiger partial charge in [-0.1, -0.05) is 6.92 Å². The van der Waals surface area contributed by atoms with Crippen molar-refractivity contribution in [3.63, 3.8) is 0 Å². The Bertz CT molecular complexity index is 806. The number of hydrogen-bond donors (Lipinski definition) is 2. The maximum absolute atomic E-state index is 11.8. The van der Waals surface area contributed by atoms with E-state index in [1.165, 1.54) is 0 Å². The highest BCUT2D eigenvalue weighted by Gasteiger charge is 2.12. The third-order valence-corrected chi connectivity index (χ3v) is 3.15. The smallest absolute Gasteiger partial charge is 0.230 e. The van der Waals surface area contributed by atoms with Crippen LogP contribution in [0.25, 0.3) is 21.8 Å². The number of nitrogens with two attached hydrogens (primary N) is 2. The van der Waals surface area contributed by atoms with E-state index in [2.05, 4.69) is 9.97 Å². The number of hydrogen-bond acceptors (Lipinski definition) is 5. The molecule has 0 radical (unpaired) electrons. The average molecular weight is 255 g/mol. The number of rotatable bonds is 1. The Kier molecular flexibility index (Phi) is 2.38. The number of carbonyl (C=O) groups excluding carboxylic acids is 1. The number of anilines is 2. The lowest BCUT2D eigenvalue weighted by atomic mass is 10.1. The fourth-order valence-corrected chi connectivity index (χ4v) is 2.28. The van der Waals surface area contributed by atoms with Crippen molar-refractivity contribution in [3.8, 4) is 0 Å². The zero-order valence-electron chi connectivity index (χ0n) is 10.4. The fourth-order valence-electron chi connectivity index (χ4n) is 2.28. The van der Waals surface area contributed by atoms with Gasteiger partial charge in [0.15, 0.2) is 0 Å². The van der Waals surface area contributed by atoms with E-state index in [1.54, 1.807) is 16.8 Å². The topological polar surface area (TPSA) is 99.8 Å². The van der Waals surface area contributed by atoms with Crippen molar-refractivity contribution in [1.82, 2.24) is 14.5 Å². The average Bonchev–Trinajstić information content (AvgIpc) is 2.80. The highest BCUT2D eigenvalue weighted by molar-refractivity contribution is 6.12. The van der Waals surface area contributed by atoms with Crippen molar-refractivity contribution in [1.29, 1.82) is 0 Å². The summed E-state index contributed by atoms with van der Waals surface area (Å²) in [6.07, 6.45) is 2.18. The second-order valence-electron chi connectivity index (χ2n) is 4.29. The Morgan fingerprint density at radius 1 is 1.26 bits per heavy atom. The summed E-state index contributed by atoms with van der Waals surface area (Å²) in [5, 5.41) is 1.59. The molecule has 2 aromatic heterocycles. The summed E-state index contributed by atoms with van der Waals surface area (Å²) in [6.45, 7) is 1.83. The van der Waals surface area contributed by atoms with E-state index in [-0.39, 0.29) is 11.9 Å². The third kappa shape index (κ3) is 1.61. The molecule has 4 N–H and O–H groups in total. The highest BCUT2D eigenvalue weighted by Crippen LogP contribution is 2.29. The lowest BCUT2D eigenvalue weighted by molar-refractivity contribution is 0.0914. The van der Waals surface area contributed by atoms with Crippen molar-refractivity contribution in [2.75, 3.05) is 11.5 Å². The zero-order valence-corrected chi connectivity index (χ0v) is 10.4. The molecule has 0 aliphatic carbocycles. The molecule has 3 aromatic rings. The minimum atomic E-state index is 0.0317. The maximum atomic E-state index is 11.8. The molecule has 0 saturated carbocycles. The summed E-state index contributed by atoms with van der Waals surface area (Å²) in [5.74, 6) is 0.507. The van der Waals surface area contributed by atoms with Crippen LogP contribution < -0.4 is 11.5 Å². The van der Waals surface area contributed by atoms with Gasteiger partial charge in [0.05, 0.1) is 16.4 Å². The largest absolute Gasteiger partial charge is 0.383 e. The van der Waals surface area contributed by atoms with Gasteiger partial charge in [-0.05, 0) is 18.2 Å². The molecule has 0 spiro atoms. The molecule has 3 rings (SSSR count). The van der Waals surface area contributed by atoms with Gasteiger partial charge in [-0.15, -0.1) is 0 Å². The summed E-state index contributed by atoms with van der Waals surface area (Å²) in [5.41, 5.74) is 13.0. The summed E-state index contributed by atoms with van der Waals surface area (Å²) in [6, 6.07) is 5.49. The number of benzene rings is 1. The van der Waals surface area contributed by atoms with Crippen LogP contribution in [0, 0.1) is 0 Å². The molecule has 6 heteroatoms. The molecule has 0 saturated heterocycles. The van der Waals surface area contributed by atoms with Crippen molar-refractivity contribution in [2.45, 2.75) is 13.3 Å². The van der Waals surface area contributed by atoms with Crippen LogP contribution in [-0.4, -0.2) is 20.4 Å². The first kappa shape index (κ1) is 11.5. The summed E-state index contributed by atoms with van der Waals surface area (Å²) >= 11 is 0. The van der Waals surface area contributed by atoms with Crippen LogP contribution in [0.1, 0.15) is 18.1 Å². The molecule has 0 amide bonds. The number of fused-ring (bicyclic) bond motifs is 3. The predicted molar refractivity (Wildman–Crippen MR) is 74.8 cm³/mol. The third-order valence-electron chi connectivity index (χ3n) is 3.15. The maximum Gasteiger partial charge on any atom is 0.230 e. The molecule has 19 heavy (non-hydrogen) atoms.